The maximum Gasteiger partial charge on any atom is 0.308 e. The Morgan fingerprint density at radius 1 is 1.03 bits per heavy atom. The third kappa shape index (κ3) is 5.72. The minimum Gasteiger partial charge on any atom is -0.497 e. The average Bonchev–Trinajstić information content (AvgIpc) is 2.87. The SMILES string of the molecule is COc1ccc([C@@H]2C[C@@H](SCc3ccccc3)[C@H](C(=O)O)CN2S(=O)(=O)c2ccc(C)cc2)cc1. The van der Waals surface area contributed by atoms with Crippen LogP contribution in [-0.2, 0) is 20.6 Å². The molecule has 3 aromatic rings. The van der Waals surface area contributed by atoms with E-state index in [0.717, 1.165) is 16.7 Å². The molecule has 0 radical (unpaired) electrons. The Morgan fingerprint density at radius 3 is 2.29 bits per heavy atom. The van der Waals surface area contributed by atoms with Gasteiger partial charge in [0.1, 0.15) is 5.75 Å². The van der Waals surface area contributed by atoms with Crippen LogP contribution in [0.15, 0.2) is 83.8 Å². The standard InChI is InChI=1S/C27H29NO5S2/c1-19-8-14-23(15-9-19)35(31,32)28-17-24(27(29)30)26(34-18-20-6-4-3-5-7-20)16-25(28)21-10-12-22(33-2)13-11-21/h3-15,24-26H,16-18H2,1-2H3,(H,29,30)/t24-,25+,26-/m1/s1. The third-order valence-corrected chi connectivity index (χ3v) is 9.72. The Kier molecular flexibility index (Phi) is 7.84. The van der Waals surface area contributed by atoms with Gasteiger partial charge >= 0.3 is 5.97 Å². The van der Waals surface area contributed by atoms with Crippen molar-refractivity contribution in [2.45, 2.75) is 35.3 Å². The van der Waals surface area contributed by atoms with E-state index in [1.165, 1.54) is 4.31 Å². The summed E-state index contributed by atoms with van der Waals surface area (Å²) in [6.45, 7) is 1.81. The van der Waals surface area contributed by atoms with Crippen LogP contribution in [0.3, 0.4) is 0 Å². The fourth-order valence-electron chi connectivity index (χ4n) is 4.38. The molecule has 1 heterocycles. The van der Waals surface area contributed by atoms with Gasteiger partial charge in [-0.3, -0.25) is 4.79 Å². The van der Waals surface area contributed by atoms with Crippen LogP contribution >= 0.6 is 11.8 Å². The van der Waals surface area contributed by atoms with Gasteiger partial charge in [0.05, 0.1) is 24.0 Å². The van der Waals surface area contributed by atoms with Gasteiger partial charge in [0.15, 0.2) is 0 Å². The zero-order valence-electron chi connectivity index (χ0n) is 19.7. The fraction of sp³-hybridized carbons (Fsp3) is 0.296. The van der Waals surface area contributed by atoms with E-state index in [0.29, 0.717) is 17.9 Å². The second-order valence-electron chi connectivity index (χ2n) is 8.69. The summed E-state index contributed by atoms with van der Waals surface area (Å²) in [6.07, 6.45) is 0.395. The number of carboxylic acids is 1. The van der Waals surface area contributed by atoms with Crippen LogP contribution in [0.2, 0.25) is 0 Å². The topological polar surface area (TPSA) is 83.9 Å². The quantitative estimate of drug-likeness (QED) is 0.451. The number of aryl methyl sites for hydroxylation is 1. The number of carbonyl (C=O) groups is 1. The van der Waals surface area contributed by atoms with Crippen molar-refractivity contribution < 1.29 is 23.1 Å². The molecule has 1 aliphatic heterocycles. The van der Waals surface area contributed by atoms with Crippen LogP contribution in [0.1, 0.15) is 29.2 Å². The van der Waals surface area contributed by atoms with Gasteiger partial charge in [0.25, 0.3) is 0 Å². The van der Waals surface area contributed by atoms with Crippen LogP contribution in [0.5, 0.6) is 5.75 Å². The third-order valence-electron chi connectivity index (χ3n) is 6.38. The molecule has 1 saturated heterocycles. The van der Waals surface area contributed by atoms with Crippen molar-refractivity contribution in [3.05, 3.63) is 95.6 Å². The number of hydrogen-bond donors (Lipinski definition) is 1. The van der Waals surface area contributed by atoms with Gasteiger partial charge in [-0.25, -0.2) is 8.42 Å². The molecule has 0 bridgehead atoms. The molecule has 35 heavy (non-hydrogen) atoms. The number of methoxy groups -OCH3 is 1. The van der Waals surface area contributed by atoms with Gasteiger partial charge < -0.3 is 9.84 Å². The lowest BCUT2D eigenvalue weighted by molar-refractivity contribution is -0.143. The number of benzene rings is 3. The molecule has 1 aliphatic rings. The van der Waals surface area contributed by atoms with Crippen LogP contribution < -0.4 is 4.74 Å². The van der Waals surface area contributed by atoms with Gasteiger partial charge in [0.2, 0.25) is 10.0 Å². The molecule has 0 unspecified atom stereocenters. The molecule has 0 spiro atoms. The summed E-state index contributed by atoms with van der Waals surface area (Å²) in [6, 6.07) is 23.4. The molecule has 3 aromatic carbocycles. The van der Waals surface area contributed by atoms with E-state index in [1.807, 2.05) is 49.4 Å². The van der Waals surface area contributed by atoms with Gasteiger partial charge in [-0.15, -0.1) is 0 Å². The number of piperidine rings is 1. The summed E-state index contributed by atoms with van der Waals surface area (Å²) in [7, 11) is -2.34. The van der Waals surface area contributed by atoms with E-state index < -0.39 is 28.0 Å². The lowest BCUT2D eigenvalue weighted by Gasteiger charge is -2.41. The first-order valence-corrected chi connectivity index (χ1v) is 13.9. The lowest BCUT2D eigenvalue weighted by Crippen LogP contribution is -2.49. The maximum atomic E-state index is 13.8. The van der Waals surface area contributed by atoms with Crippen LogP contribution in [0.25, 0.3) is 0 Å². The molecule has 8 heteroatoms. The van der Waals surface area contributed by atoms with E-state index in [1.54, 1.807) is 55.3 Å². The van der Waals surface area contributed by atoms with E-state index in [9.17, 15) is 18.3 Å². The van der Waals surface area contributed by atoms with E-state index >= 15 is 0 Å². The normalized spacial score (nSPS) is 20.9. The summed E-state index contributed by atoms with van der Waals surface area (Å²) in [5.41, 5.74) is 2.88. The fourth-order valence-corrected chi connectivity index (χ4v) is 7.38. The molecule has 0 aliphatic carbocycles. The Morgan fingerprint density at radius 2 is 1.69 bits per heavy atom. The predicted molar refractivity (Wildman–Crippen MR) is 138 cm³/mol. The number of thioether (sulfide) groups is 1. The highest BCUT2D eigenvalue weighted by Gasteiger charge is 2.45. The number of nitrogens with zero attached hydrogens (tertiary/aromatic N) is 1. The van der Waals surface area contributed by atoms with E-state index in [4.69, 9.17) is 4.74 Å². The number of carboxylic acid groups (broad SMARTS) is 1. The smallest absolute Gasteiger partial charge is 0.308 e. The summed E-state index contributed by atoms with van der Waals surface area (Å²) in [4.78, 5) is 12.5. The Hall–Kier alpha value is -2.81. The zero-order chi connectivity index (χ0) is 25.0. The molecular weight excluding hydrogens is 482 g/mol. The molecule has 3 atom stereocenters. The average molecular weight is 512 g/mol. The molecule has 0 saturated carbocycles. The first-order chi connectivity index (χ1) is 16.8. The van der Waals surface area contributed by atoms with Gasteiger partial charge in [-0.05, 0) is 48.7 Å². The van der Waals surface area contributed by atoms with Gasteiger partial charge in [-0.2, -0.15) is 16.1 Å². The number of ether oxygens (including phenoxy) is 1. The molecule has 184 valence electrons. The highest BCUT2D eigenvalue weighted by molar-refractivity contribution is 7.99. The van der Waals surface area contributed by atoms with Crippen LogP contribution in [0.4, 0.5) is 0 Å². The van der Waals surface area contributed by atoms with Crippen LogP contribution in [0, 0.1) is 12.8 Å². The Balaban J connectivity index is 1.70. The highest BCUT2D eigenvalue weighted by Crippen LogP contribution is 2.43. The van der Waals surface area contributed by atoms with Crippen molar-refractivity contribution in [3.8, 4) is 5.75 Å². The van der Waals surface area contributed by atoms with Crippen molar-refractivity contribution in [3.63, 3.8) is 0 Å². The van der Waals surface area contributed by atoms with Crippen molar-refractivity contribution in [1.29, 1.82) is 0 Å². The Labute approximate surface area is 211 Å². The summed E-state index contributed by atoms with van der Waals surface area (Å²) in [5, 5.41) is 9.82. The van der Waals surface area contributed by atoms with Gasteiger partial charge in [0, 0.05) is 17.5 Å². The predicted octanol–water partition coefficient (Wildman–Crippen LogP) is 5.14. The molecule has 0 aromatic heterocycles. The Bertz CT molecular complexity index is 1240. The number of hydrogen-bond acceptors (Lipinski definition) is 5. The van der Waals surface area contributed by atoms with Gasteiger partial charge in [-0.1, -0.05) is 60.2 Å². The number of sulfonamides is 1. The lowest BCUT2D eigenvalue weighted by atomic mass is 9.90. The number of aliphatic carboxylic acids is 1. The monoisotopic (exact) mass is 511 g/mol. The largest absolute Gasteiger partial charge is 0.497 e. The summed E-state index contributed by atoms with van der Waals surface area (Å²) in [5.74, 6) is -0.461. The maximum absolute atomic E-state index is 13.8. The second-order valence-corrected chi connectivity index (χ2v) is 11.8. The first-order valence-electron chi connectivity index (χ1n) is 11.4. The van der Waals surface area contributed by atoms with Crippen molar-refractivity contribution in [1.82, 2.24) is 4.31 Å². The molecule has 6 nitrogen and oxygen atoms in total. The molecular formula is C27H29NO5S2. The molecule has 4 rings (SSSR count). The van der Waals surface area contributed by atoms with Crippen molar-refractivity contribution in [2.75, 3.05) is 13.7 Å². The van der Waals surface area contributed by atoms with Crippen molar-refractivity contribution >= 4 is 27.8 Å². The van der Waals surface area contributed by atoms with E-state index in [2.05, 4.69) is 0 Å². The van der Waals surface area contributed by atoms with Crippen molar-refractivity contribution in [2.24, 2.45) is 5.92 Å². The first kappa shape index (κ1) is 25.3. The minimum atomic E-state index is -3.92. The molecule has 1 fully saturated rings. The molecule has 0 amide bonds. The highest BCUT2D eigenvalue weighted by atomic mass is 32.2. The van der Waals surface area contributed by atoms with E-state index in [-0.39, 0.29) is 16.7 Å². The zero-order valence-corrected chi connectivity index (χ0v) is 21.3. The second kappa shape index (κ2) is 10.8. The van der Waals surface area contributed by atoms with Crippen LogP contribution in [-0.4, -0.2) is 42.7 Å². The minimum absolute atomic E-state index is 0.0886. The summed E-state index contributed by atoms with van der Waals surface area (Å²) < 4.78 is 34.2. The number of rotatable bonds is 8. The molecule has 1 N–H and O–H groups in total. The summed E-state index contributed by atoms with van der Waals surface area (Å²) >= 11 is 1.58.